The van der Waals surface area contributed by atoms with Crippen molar-refractivity contribution >= 4 is 51.7 Å². The molecule has 1 aliphatic carbocycles. The van der Waals surface area contributed by atoms with Crippen LogP contribution in [-0.2, 0) is 25.8 Å². The van der Waals surface area contributed by atoms with Crippen molar-refractivity contribution in [2.75, 3.05) is 18.6 Å². The highest BCUT2D eigenvalue weighted by Crippen LogP contribution is 2.41. The summed E-state index contributed by atoms with van der Waals surface area (Å²) in [5.74, 6) is -1.62. The van der Waals surface area contributed by atoms with Gasteiger partial charge in [-0.25, -0.2) is 9.55 Å². The number of fused-ring (bicyclic) bond motifs is 1. The van der Waals surface area contributed by atoms with E-state index in [9.17, 15) is 19.5 Å². The molecule has 0 unspecified atom stereocenters. The first-order valence-electron chi connectivity index (χ1n) is 10.9. The number of hydrogen-bond donors (Lipinski definition) is 2. The highest BCUT2D eigenvalue weighted by atomic mass is 32.2. The summed E-state index contributed by atoms with van der Waals surface area (Å²) in [6.07, 6.45) is 6.25. The minimum Gasteiger partial charge on any atom is -0.543 e. The molecule has 13 heteroatoms. The summed E-state index contributed by atoms with van der Waals surface area (Å²) in [7, 11) is 1.28. The number of aromatic nitrogens is 2. The molecule has 2 amide bonds. The van der Waals surface area contributed by atoms with E-state index in [1.54, 1.807) is 5.38 Å². The number of pyridine rings is 1. The summed E-state index contributed by atoms with van der Waals surface area (Å²) in [6, 6.07) is 3.17. The van der Waals surface area contributed by atoms with Crippen molar-refractivity contribution in [3.05, 3.63) is 52.4 Å². The third-order valence-corrected chi connectivity index (χ3v) is 8.04. The lowest BCUT2D eigenvalue weighted by atomic mass is 10.0. The Bertz CT molecular complexity index is 1250. The van der Waals surface area contributed by atoms with Crippen LogP contribution in [-0.4, -0.2) is 57.7 Å². The van der Waals surface area contributed by atoms with Gasteiger partial charge in [-0.05, 0) is 24.3 Å². The lowest BCUT2D eigenvalue weighted by molar-refractivity contribution is -0.689. The van der Waals surface area contributed by atoms with Gasteiger partial charge in [-0.3, -0.25) is 14.5 Å². The fraction of sp³-hybridized carbons (Fsp3) is 0.364. The predicted molar refractivity (Wildman–Crippen MR) is 126 cm³/mol. The normalized spacial score (nSPS) is 21.9. The number of carbonyl (C=O) groups is 3. The molecule has 0 aromatic carbocycles. The first kappa shape index (κ1) is 23.3. The molecule has 2 aromatic heterocycles. The van der Waals surface area contributed by atoms with Crippen LogP contribution in [0.15, 0.2) is 46.3 Å². The standard InChI is InChI=1S/C22H22N6O5S2/c1-33-26-15(14-10-35-22(23)24-14)18(29)25-16-19(30)28-17(21(31)32)13(9-34-20(16)28)8-27-6-4-12(5-7-27)11-2-3-11/h4-7,10-11,16,20H,2-3,8-9H2,1H3,(H3-,23,24,25,29,31,32)/b26-15-/t16-,20-/m1/s1. The molecule has 11 nitrogen and oxygen atoms in total. The molecule has 35 heavy (non-hydrogen) atoms. The summed E-state index contributed by atoms with van der Waals surface area (Å²) in [4.78, 5) is 47.8. The Morgan fingerprint density at radius 1 is 1.37 bits per heavy atom. The van der Waals surface area contributed by atoms with E-state index in [4.69, 9.17) is 10.6 Å². The summed E-state index contributed by atoms with van der Waals surface area (Å²) in [5, 5.41) is 19.6. The van der Waals surface area contributed by atoms with Crippen molar-refractivity contribution in [3.8, 4) is 0 Å². The van der Waals surface area contributed by atoms with E-state index in [-0.39, 0.29) is 22.2 Å². The van der Waals surface area contributed by atoms with Gasteiger partial charge in [0, 0.05) is 28.8 Å². The number of oxime groups is 1. The van der Waals surface area contributed by atoms with Crippen molar-refractivity contribution in [1.29, 1.82) is 0 Å². The molecule has 0 radical (unpaired) electrons. The second kappa shape index (κ2) is 9.30. The van der Waals surface area contributed by atoms with Gasteiger partial charge in [-0.2, -0.15) is 0 Å². The van der Waals surface area contributed by atoms with Crippen molar-refractivity contribution < 1.29 is 28.9 Å². The number of carboxylic acids is 1. The monoisotopic (exact) mass is 514 g/mol. The number of nitrogens with zero attached hydrogens (tertiary/aromatic N) is 4. The Labute approximate surface area is 208 Å². The molecule has 1 saturated carbocycles. The van der Waals surface area contributed by atoms with E-state index in [0.717, 1.165) is 11.3 Å². The smallest absolute Gasteiger partial charge is 0.276 e. The van der Waals surface area contributed by atoms with Crippen LogP contribution in [0.5, 0.6) is 0 Å². The lowest BCUT2D eigenvalue weighted by Crippen LogP contribution is -2.71. The minimum atomic E-state index is -1.42. The Morgan fingerprint density at radius 3 is 2.71 bits per heavy atom. The van der Waals surface area contributed by atoms with Crippen LogP contribution in [0.25, 0.3) is 0 Å². The summed E-state index contributed by atoms with van der Waals surface area (Å²) >= 11 is 2.52. The molecule has 2 fully saturated rings. The molecule has 2 aromatic rings. The van der Waals surface area contributed by atoms with Gasteiger partial charge in [0.05, 0.1) is 11.7 Å². The summed E-state index contributed by atoms with van der Waals surface area (Å²) in [6.45, 7) is 0.324. The van der Waals surface area contributed by atoms with Crippen LogP contribution in [0, 0.1) is 0 Å². The van der Waals surface area contributed by atoms with Gasteiger partial charge >= 0.3 is 0 Å². The van der Waals surface area contributed by atoms with Gasteiger partial charge in [0.25, 0.3) is 11.8 Å². The Kier molecular flexibility index (Phi) is 6.19. The molecule has 2 atom stereocenters. The van der Waals surface area contributed by atoms with Gasteiger partial charge < -0.3 is 25.8 Å². The van der Waals surface area contributed by atoms with Gasteiger partial charge in [0.1, 0.15) is 24.2 Å². The summed E-state index contributed by atoms with van der Waals surface area (Å²) < 4.78 is 1.89. The number of nitrogens with one attached hydrogen (secondary N) is 1. The number of amides is 2. The van der Waals surface area contributed by atoms with Crippen LogP contribution < -0.4 is 20.7 Å². The third kappa shape index (κ3) is 4.48. The molecular formula is C22H22N6O5S2. The second-order valence-electron chi connectivity index (χ2n) is 8.37. The quantitative estimate of drug-likeness (QED) is 0.204. The molecule has 0 bridgehead atoms. The molecule has 2 aliphatic heterocycles. The topological polar surface area (TPSA) is 154 Å². The maximum absolute atomic E-state index is 13.0. The molecule has 0 spiro atoms. The first-order valence-corrected chi connectivity index (χ1v) is 12.8. The maximum Gasteiger partial charge on any atom is 0.276 e. The number of carbonyl (C=O) groups excluding carboxylic acids is 3. The van der Waals surface area contributed by atoms with Crippen LogP contribution in [0.2, 0.25) is 0 Å². The molecule has 4 heterocycles. The number of aliphatic carboxylic acids is 1. The predicted octanol–water partition coefficient (Wildman–Crippen LogP) is -0.655. The molecule has 3 aliphatic rings. The number of hydrogen-bond acceptors (Lipinski definition) is 10. The molecule has 5 rings (SSSR count). The fourth-order valence-electron chi connectivity index (χ4n) is 4.18. The SMILES string of the molecule is CO/N=C(\C(=O)N[C@@H]1C(=O)N2C(C(=O)[O-])=C(C[n+]3ccc(C4CC4)cc3)CS[C@H]12)c1csc(N)n1. The average Bonchev–Trinajstić information content (AvgIpc) is 3.61. The molecule has 182 valence electrons. The second-order valence-corrected chi connectivity index (χ2v) is 10.4. The summed E-state index contributed by atoms with van der Waals surface area (Å²) in [5.41, 5.74) is 7.45. The highest BCUT2D eigenvalue weighted by molar-refractivity contribution is 8.00. The first-order chi connectivity index (χ1) is 16.9. The van der Waals surface area contributed by atoms with Crippen molar-refractivity contribution in [3.63, 3.8) is 0 Å². The van der Waals surface area contributed by atoms with Crippen molar-refractivity contribution in [2.45, 2.75) is 36.7 Å². The zero-order valence-electron chi connectivity index (χ0n) is 18.7. The van der Waals surface area contributed by atoms with Crippen LogP contribution in [0.4, 0.5) is 5.13 Å². The maximum atomic E-state index is 13.0. The van der Waals surface area contributed by atoms with Crippen molar-refractivity contribution in [1.82, 2.24) is 15.2 Å². The van der Waals surface area contributed by atoms with Crippen molar-refractivity contribution in [2.24, 2.45) is 5.16 Å². The number of nitrogen functional groups attached to an aromatic ring is 1. The van der Waals surface area contributed by atoms with E-state index in [1.807, 2.05) is 29.1 Å². The minimum absolute atomic E-state index is 0.130. The number of β-lactam (4-membered cyclic amide) rings is 1. The van der Waals surface area contributed by atoms with Gasteiger partial charge in [0.2, 0.25) is 0 Å². The van der Waals surface area contributed by atoms with Gasteiger partial charge in [0.15, 0.2) is 29.8 Å². The Hall–Kier alpha value is -3.45. The zero-order valence-corrected chi connectivity index (χ0v) is 20.3. The van der Waals surface area contributed by atoms with E-state index < -0.39 is 29.2 Å². The molecule has 3 N–H and O–H groups in total. The third-order valence-electron chi connectivity index (χ3n) is 6.03. The number of anilines is 1. The number of thioether (sulfide) groups is 1. The van der Waals surface area contributed by atoms with Crippen LogP contribution in [0.3, 0.4) is 0 Å². The van der Waals surface area contributed by atoms with Gasteiger partial charge in [-0.15, -0.1) is 23.1 Å². The highest BCUT2D eigenvalue weighted by Gasteiger charge is 2.53. The molecule has 1 saturated heterocycles. The lowest BCUT2D eigenvalue weighted by Gasteiger charge is -2.50. The van der Waals surface area contributed by atoms with Crippen LogP contribution in [0.1, 0.15) is 30.0 Å². The number of nitrogens with two attached hydrogens (primary N) is 1. The van der Waals surface area contributed by atoms with E-state index in [1.165, 1.54) is 42.2 Å². The van der Waals surface area contributed by atoms with Crippen LogP contribution >= 0.6 is 23.1 Å². The largest absolute Gasteiger partial charge is 0.543 e. The van der Waals surface area contributed by atoms with E-state index in [2.05, 4.69) is 15.5 Å². The van der Waals surface area contributed by atoms with E-state index in [0.29, 0.717) is 23.8 Å². The van der Waals surface area contributed by atoms with E-state index >= 15 is 0 Å². The average molecular weight is 515 g/mol. The number of thiazole rings is 1. The fourth-order valence-corrected chi connectivity index (χ4v) is 6.06. The number of carboxylic acid groups (broad SMARTS) is 1. The Morgan fingerprint density at radius 2 is 2.11 bits per heavy atom. The van der Waals surface area contributed by atoms with Gasteiger partial charge in [-0.1, -0.05) is 5.16 Å². The Balaban J connectivity index is 1.32. The number of rotatable bonds is 8. The zero-order chi connectivity index (χ0) is 24.7. The molecular weight excluding hydrogens is 492 g/mol.